The number of hydrogen-bond donors (Lipinski definition) is 0. The highest BCUT2D eigenvalue weighted by Crippen LogP contribution is 2.22. The van der Waals surface area contributed by atoms with Crippen LogP contribution in [0.5, 0.6) is 0 Å². The number of benzene rings is 1. The van der Waals surface area contributed by atoms with E-state index in [1.807, 2.05) is 6.92 Å². The Morgan fingerprint density at radius 1 is 1.31 bits per heavy atom. The largest absolute Gasteiger partial charge is 0.382 e. The first-order valence-corrected chi connectivity index (χ1v) is 6.65. The maximum absolute atomic E-state index is 12.8. The first-order chi connectivity index (χ1) is 7.67. The zero-order valence-corrected chi connectivity index (χ0v) is 11.6. The van der Waals surface area contributed by atoms with Gasteiger partial charge in [0.25, 0.3) is 0 Å². The van der Waals surface area contributed by atoms with Crippen LogP contribution in [0.25, 0.3) is 0 Å². The van der Waals surface area contributed by atoms with E-state index >= 15 is 0 Å². The molecule has 0 N–H and O–H groups in total. The van der Waals surface area contributed by atoms with Gasteiger partial charge >= 0.3 is 0 Å². The van der Waals surface area contributed by atoms with Crippen molar-refractivity contribution in [3.63, 3.8) is 0 Å². The summed E-state index contributed by atoms with van der Waals surface area (Å²) < 4.78 is 24.4. The van der Waals surface area contributed by atoms with Gasteiger partial charge in [-0.25, -0.2) is 4.39 Å². The highest BCUT2D eigenvalue weighted by molar-refractivity contribution is 14.1. The molecule has 0 aromatic heterocycles. The van der Waals surface area contributed by atoms with E-state index in [4.69, 9.17) is 9.47 Å². The minimum Gasteiger partial charge on any atom is -0.382 e. The van der Waals surface area contributed by atoms with E-state index in [-0.39, 0.29) is 18.0 Å². The number of halogens is 2. The van der Waals surface area contributed by atoms with E-state index in [0.717, 1.165) is 9.99 Å². The molecule has 1 rings (SSSR count). The van der Waals surface area contributed by atoms with Crippen LogP contribution in [-0.4, -0.2) is 24.2 Å². The molecule has 0 aliphatic rings. The molecule has 2 unspecified atom stereocenters. The number of methoxy groups -OCH3 is 1. The molecule has 0 spiro atoms. The van der Waals surface area contributed by atoms with Gasteiger partial charge in [-0.2, -0.15) is 0 Å². The smallest absolute Gasteiger partial charge is 0.123 e. The molecular weight excluding hydrogens is 322 g/mol. The van der Waals surface area contributed by atoms with Crippen LogP contribution in [-0.2, 0) is 9.47 Å². The van der Waals surface area contributed by atoms with Crippen molar-refractivity contribution < 1.29 is 13.9 Å². The highest BCUT2D eigenvalue weighted by Gasteiger charge is 2.14. The monoisotopic (exact) mass is 338 g/mol. The number of alkyl halides is 1. The average Bonchev–Trinajstić information content (AvgIpc) is 2.27. The quantitative estimate of drug-likeness (QED) is 0.585. The van der Waals surface area contributed by atoms with Crippen molar-refractivity contribution in [3.05, 3.63) is 35.6 Å². The van der Waals surface area contributed by atoms with Crippen LogP contribution in [0.2, 0.25) is 0 Å². The van der Waals surface area contributed by atoms with Crippen LogP contribution < -0.4 is 0 Å². The maximum atomic E-state index is 12.8. The van der Waals surface area contributed by atoms with Crippen LogP contribution in [0.1, 0.15) is 18.6 Å². The van der Waals surface area contributed by atoms with Crippen molar-refractivity contribution >= 4 is 22.6 Å². The molecule has 0 saturated carbocycles. The SMILES string of the molecule is COCC(C)OC(CI)c1ccc(F)cc1. The summed E-state index contributed by atoms with van der Waals surface area (Å²) in [5.74, 6) is -0.221. The van der Waals surface area contributed by atoms with Gasteiger partial charge in [0.05, 0.1) is 18.8 Å². The summed E-state index contributed by atoms with van der Waals surface area (Å²) in [6.45, 7) is 2.53. The Morgan fingerprint density at radius 3 is 2.44 bits per heavy atom. The second kappa shape index (κ2) is 7.19. The molecule has 4 heteroatoms. The lowest BCUT2D eigenvalue weighted by Crippen LogP contribution is -2.19. The van der Waals surface area contributed by atoms with Gasteiger partial charge in [0.2, 0.25) is 0 Å². The Bertz CT molecular complexity index is 302. The van der Waals surface area contributed by atoms with Gasteiger partial charge < -0.3 is 9.47 Å². The lowest BCUT2D eigenvalue weighted by molar-refractivity contribution is -0.0291. The third-order valence-corrected chi connectivity index (χ3v) is 2.98. The summed E-state index contributed by atoms with van der Waals surface area (Å²) in [6.07, 6.45) is 0.0289. The van der Waals surface area contributed by atoms with Crippen LogP contribution in [0.3, 0.4) is 0 Å². The lowest BCUT2D eigenvalue weighted by Gasteiger charge is -2.20. The standard InChI is InChI=1S/C12H16FIO2/c1-9(8-15-2)16-12(7-14)10-3-5-11(13)6-4-10/h3-6,9,12H,7-8H2,1-2H3. The van der Waals surface area contributed by atoms with E-state index in [1.165, 1.54) is 12.1 Å². The second-order valence-electron chi connectivity index (χ2n) is 3.60. The van der Waals surface area contributed by atoms with Crippen LogP contribution in [0.15, 0.2) is 24.3 Å². The molecule has 2 atom stereocenters. The van der Waals surface area contributed by atoms with E-state index in [1.54, 1.807) is 19.2 Å². The molecule has 0 aliphatic carbocycles. The predicted molar refractivity (Wildman–Crippen MR) is 70.5 cm³/mol. The van der Waals surface area contributed by atoms with Crippen LogP contribution >= 0.6 is 22.6 Å². The molecule has 0 bridgehead atoms. The summed E-state index contributed by atoms with van der Waals surface area (Å²) in [6, 6.07) is 6.44. The second-order valence-corrected chi connectivity index (χ2v) is 4.48. The topological polar surface area (TPSA) is 18.5 Å². The molecule has 1 aromatic carbocycles. The van der Waals surface area contributed by atoms with Gasteiger partial charge in [0.1, 0.15) is 5.82 Å². The first-order valence-electron chi connectivity index (χ1n) is 5.13. The lowest BCUT2D eigenvalue weighted by atomic mass is 10.1. The minimum absolute atomic E-state index is 0.00801. The number of hydrogen-bond acceptors (Lipinski definition) is 2. The van der Waals surface area contributed by atoms with Gasteiger partial charge in [-0.05, 0) is 24.6 Å². The molecule has 0 aliphatic heterocycles. The van der Waals surface area contributed by atoms with Gasteiger partial charge in [0, 0.05) is 11.5 Å². The zero-order valence-electron chi connectivity index (χ0n) is 9.45. The van der Waals surface area contributed by atoms with Crippen molar-refractivity contribution in [2.24, 2.45) is 0 Å². The van der Waals surface area contributed by atoms with Crippen molar-refractivity contribution in [2.75, 3.05) is 18.1 Å². The van der Waals surface area contributed by atoms with Crippen molar-refractivity contribution in [2.45, 2.75) is 19.1 Å². The van der Waals surface area contributed by atoms with E-state index < -0.39 is 0 Å². The molecule has 0 heterocycles. The molecule has 0 radical (unpaired) electrons. The Morgan fingerprint density at radius 2 is 1.94 bits per heavy atom. The van der Waals surface area contributed by atoms with E-state index in [9.17, 15) is 4.39 Å². The Hall–Kier alpha value is -0.200. The van der Waals surface area contributed by atoms with Gasteiger partial charge in [-0.15, -0.1) is 0 Å². The molecule has 16 heavy (non-hydrogen) atoms. The maximum Gasteiger partial charge on any atom is 0.123 e. The number of rotatable bonds is 6. The summed E-state index contributed by atoms with van der Waals surface area (Å²) in [7, 11) is 1.65. The van der Waals surface area contributed by atoms with E-state index in [2.05, 4.69) is 22.6 Å². The fourth-order valence-corrected chi connectivity index (χ4v) is 2.15. The molecule has 1 aromatic rings. The zero-order chi connectivity index (χ0) is 12.0. The van der Waals surface area contributed by atoms with Crippen molar-refractivity contribution in [1.29, 1.82) is 0 Å². The van der Waals surface area contributed by atoms with Gasteiger partial charge in [-0.1, -0.05) is 34.7 Å². The summed E-state index contributed by atoms with van der Waals surface area (Å²) in [4.78, 5) is 0. The average molecular weight is 338 g/mol. The fraction of sp³-hybridized carbons (Fsp3) is 0.500. The summed E-state index contributed by atoms with van der Waals surface area (Å²) in [5.41, 5.74) is 0.999. The Kier molecular flexibility index (Phi) is 6.23. The minimum atomic E-state index is -0.221. The Balaban J connectivity index is 2.63. The van der Waals surface area contributed by atoms with Gasteiger partial charge in [0.15, 0.2) is 0 Å². The summed E-state index contributed by atoms with van der Waals surface area (Å²) in [5, 5.41) is 0. The third-order valence-electron chi connectivity index (χ3n) is 2.18. The van der Waals surface area contributed by atoms with Crippen molar-refractivity contribution in [3.8, 4) is 0 Å². The van der Waals surface area contributed by atoms with Gasteiger partial charge in [-0.3, -0.25) is 0 Å². The normalized spacial score (nSPS) is 14.8. The molecule has 2 nitrogen and oxygen atoms in total. The highest BCUT2D eigenvalue weighted by atomic mass is 127. The fourth-order valence-electron chi connectivity index (χ4n) is 1.44. The van der Waals surface area contributed by atoms with Crippen LogP contribution in [0.4, 0.5) is 4.39 Å². The molecule has 0 fully saturated rings. The number of ether oxygens (including phenoxy) is 2. The molecular formula is C12H16FIO2. The molecule has 0 amide bonds. The third kappa shape index (κ3) is 4.35. The van der Waals surface area contributed by atoms with Crippen LogP contribution in [0, 0.1) is 5.82 Å². The molecule has 90 valence electrons. The summed E-state index contributed by atoms with van der Waals surface area (Å²) >= 11 is 2.26. The Labute approximate surface area is 109 Å². The predicted octanol–water partition coefficient (Wildman–Crippen LogP) is 3.35. The molecule has 0 saturated heterocycles. The van der Waals surface area contributed by atoms with E-state index in [0.29, 0.717) is 6.61 Å². The first kappa shape index (κ1) is 13.9. The van der Waals surface area contributed by atoms with Crippen molar-refractivity contribution in [1.82, 2.24) is 0 Å².